The fourth-order valence-electron chi connectivity index (χ4n) is 4.01. The summed E-state index contributed by atoms with van der Waals surface area (Å²) in [6.07, 6.45) is 1.84. The molecule has 0 saturated heterocycles. The van der Waals surface area contributed by atoms with Crippen molar-refractivity contribution in [2.75, 3.05) is 6.61 Å². The van der Waals surface area contributed by atoms with Crippen molar-refractivity contribution in [2.24, 2.45) is 4.99 Å². The third kappa shape index (κ3) is 6.30. The van der Waals surface area contributed by atoms with Gasteiger partial charge in [0.1, 0.15) is 18.1 Å². The van der Waals surface area contributed by atoms with Gasteiger partial charge in [0.05, 0.1) is 15.9 Å². The number of ether oxygens (including phenoxy) is 3. The Morgan fingerprint density at radius 1 is 0.757 bits per heavy atom. The minimum atomic E-state index is 0.461. The van der Waals surface area contributed by atoms with Crippen molar-refractivity contribution in [3.8, 4) is 23.0 Å². The molecule has 37 heavy (non-hydrogen) atoms. The zero-order valence-electron chi connectivity index (χ0n) is 20.4. The number of aliphatic imine (C=N–C) groups is 1. The fourth-order valence-corrected chi connectivity index (χ4v) is 4.79. The highest BCUT2D eigenvalue weighted by Gasteiger charge is 2.13. The van der Waals surface area contributed by atoms with Crippen molar-refractivity contribution in [1.29, 1.82) is 0 Å². The van der Waals surface area contributed by atoms with Crippen molar-refractivity contribution in [3.05, 3.63) is 124 Å². The Hall–Kier alpha value is -3.84. The molecule has 0 aliphatic carbocycles. The Balaban J connectivity index is 1.31. The normalized spacial score (nSPS) is 11.1. The van der Waals surface area contributed by atoms with Crippen LogP contribution in [0.3, 0.4) is 0 Å². The largest absolute Gasteiger partial charge is 0.490 e. The average Bonchev–Trinajstić information content (AvgIpc) is 2.93. The molecule has 184 valence electrons. The second-order valence-corrected chi connectivity index (χ2v) is 9.52. The zero-order valence-corrected chi connectivity index (χ0v) is 22.6. The molecule has 5 aromatic rings. The second-order valence-electron chi connectivity index (χ2n) is 8.36. The van der Waals surface area contributed by atoms with Gasteiger partial charge in [-0.05, 0) is 99.9 Å². The number of hydrogen-bond donors (Lipinski definition) is 0. The van der Waals surface area contributed by atoms with Gasteiger partial charge in [0.2, 0.25) is 0 Å². The Morgan fingerprint density at radius 3 is 2.30 bits per heavy atom. The van der Waals surface area contributed by atoms with Crippen LogP contribution in [0.5, 0.6) is 23.0 Å². The van der Waals surface area contributed by atoms with Crippen LogP contribution in [0.25, 0.3) is 10.8 Å². The van der Waals surface area contributed by atoms with E-state index >= 15 is 0 Å². The molecule has 0 bridgehead atoms. The van der Waals surface area contributed by atoms with E-state index in [1.807, 2.05) is 73.8 Å². The monoisotopic (exact) mass is 599 g/mol. The molecule has 0 heterocycles. The van der Waals surface area contributed by atoms with Gasteiger partial charge in [-0.25, -0.2) is 0 Å². The number of halogens is 1. The number of benzene rings is 5. The molecule has 0 aromatic heterocycles. The molecule has 5 rings (SSSR count). The molecule has 0 unspecified atom stereocenters. The number of nitrogens with zero attached hydrogens (tertiary/aromatic N) is 1. The van der Waals surface area contributed by atoms with E-state index in [1.165, 1.54) is 10.8 Å². The van der Waals surface area contributed by atoms with Crippen molar-refractivity contribution >= 4 is 45.3 Å². The summed E-state index contributed by atoms with van der Waals surface area (Å²) in [7, 11) is 0. The molecule has 4 nitrogen and oxygen atoms in total. The van der Waals surface area contributed by atoms with Crippen molar-refractivity contribution < 1.29 is 14.2 Å². The predicted molar refractivity (Wildman–Crippen MR) is 159 cm³/mol. The van der Waals surface area contributed by atoms with Crippen LogP contribution < -0.4 is 14.2 Å². The molecule has 0 amide bonds. The Kier molecular flexibility index (Phi) is 8.01. The van der Waals surface area contributed by atoms with Crippen LogP contribution in [0.4, 0.5) is 5.69 Å². The van der Waals surface area contributed by atoms with Crippen LogP contribution in [0.1, 0.15) is 18.1 Å². The highest BCUT2D eigenvalue weighted by molar-refractivity contribution is 14.1. The lowest BCUT2D eigenvalue weighted by atomic mass is 10.1. The minimum absolute atomic E-state index is 0.461. The number of para-hydroxylation sites is 1. The summed E-state index contributed by atoms with van der Waals surface area (Å²) >= 11 is 2.30. The third-order valence-corrected chi connectivity index (χ3v) is 6.56. The summed E-state index contributed by atoms with van der Waals surface area (Å²) < 4.78 is 19.1. The molecule has 0 aliphatic heterocycles. The summed E-state index contributed by atoms with van der Waals surface area (Å²) in [5.74, 6) is 3.03. The zero-order chi connectivity index (χ0) is 25.5. The van der Waals surface area contributed by atoms with E-state index in [1.54, 1.807) is 0 Å². The lowest BCUT2D eigenvalue weighted by Gasteiger charge is -2.15. The topological polar surface area (TPSA) is 40.0 Å². The first-order chi connectivity index (χ1) is 18.2. The SMILES string of the molecule is CCOc1cc(C=Nc2ccc(Oc3ccccc3)cc2)cc(I)c1OCc1cccc2ccccc12. The van der Waals surface area contributed by atoms with E-state index in [0.717, 1.165) is 37.6 Å². The lowest BCUT2D eigenvalue weighted by molar-refractivity contribution is 0.268. The van der Waals surface area contributed by atoms with Crippen LogP contribution in [-0.4, -0.2) is 12.8 Å². The van der Waals surface area contributed by atoms with E-state index < -0.39 is 0 Å². The molecule has 0 atom stereocenters. The van der Waals surface area contributed by atoms with Crippen LogP contribution >= 0.6 is 22.6 Å². The smallest absolute Gasteiger partial charge is 0.175 e. The first-order valence-electron chi connectivity index (χ1n) is 12.1. The molecule has 0 saturated carbocycles. The molecule has 5 aromatic carbocycles. The third-order valence-electron chi connectivity index (χ3n) is 5.76. The van der Waals surface area contributed by atoms with Crippen molar-refractivity contribution in [1.82, 2.24) is 0 Å². The second kappa shape index (κ2) is 11.9. The molecule has 5 heteroatoms. The van der Waals surface area contributed by atoms with Crippen molar-refractivity contribution in [3.63, 3.8) is 0 Å². The van der Waals surface area contributed by atoms with Crippen LogP contribution in [0.15, 0.2) is 114 Å². The number of hydrogen-bond acceptors (Lipinski definition) is 4. The van der Waals surface area contributed by atoms with Crippen LogP contribution in [-0.2, 0) is 6.61 Å². The minimum Gasteiger partial charge on any atom is -0.490 e. The molecule has 0 fully saturated rings. The summed E-state index contributed by atoms with van der Waals surface area (Å²) in [6, 6.07) is 36.1. The maximum absolute atomic E-state index is 6.30. The first kappa shape index (κ1) is 24.8. The molecule has 0 N–H and O–H groups in total. The standard InChI is InChI=1S/C32H26INO3/c1-2-35-31-20-23(21-34-26-15-17-28(18-16-26)37-27-12-4-3-5-13-27)19-30(33)32(31)36-22-25-11-8-10-24-9-6-7-14-29(24)25/h3-21H,2,22H2,1H3. The van der Waals surface area contributed by atoms with Gasteiger partial charge in [-0.15, -0.1) is 0 Å². The highest BCUT2D eigenvalue weighted by Crippen LogP contribution is 2.35. The van der Waals surface area contributed by atoms with E-state index in [-0.39, 0.29) is 0 Å². The fraction of sp³-hybridized carbons (Fsp3) is 0.0938. The van der Waals surface area contributed by atoms with Gasteiger partial charge >= 0.3 is 0 Å². The Bertz CT molecular complexity index is 1510. The molecule has 0 radical (unpaired) electrons. The van der Waals surface area contributed by atoms with Gasteiger partial charge in [-0.2, -0.15) is 0 Å². The quantitative estimate of drug-likeness (QED) is 0.125. The summed E-state index contributed by atoms with van der Waals surface area (Å²) in [5.41, 5.74) is 2.92. The van der Waals surface area contributed by atoms with E-state index in [4.69, 9.17) is 14.2 Å². The summed E-state index contributed by atoms with van der Waals surface area (Å²) in [6.45, 7) is 2.98. The van der Waals surface area contributed by atoms with E-state index in [9.17, 15) is 0 Å². The van der Waals surface area contributed by atoms with Crippen LogP contribution in [0.2, 0.25) is 0 Å². The molecular weight excluding hydrogens is 573 g/mol. The van der Waals surface area contributed by atoms with Gasteiger partial charge < -0.3 is 14.2 Å². The Morgan fingerprint density at radius 2 is 1.49 bits per heavy atom. The maximum atomic E-state index is 6.30. The van der Waals surface area contributed by atoms with Crippen molar-refractivity contribution in [2.45, 2.75) is 13.5 Å². The predicted octanol–water partition coefficient (Wildman–Crippen LogP) is 8.96. The summed E-state index contributed by atoms with van der Waals surface area (Å²) in [4.78, 5) is 4.64. The van der Waals surface area contributed by atoms with Crippen LogP contribution in [0, 0.1) is 3.57 Å². The maximum Gasteiger partial charge on any atom is 0.175 e. The number of rotatable bonds is 9. The van der Waals surface area contributed by atoms with Gasteiger partial charge in [-0.1, -0.05) is 60.7 Å². The van der Waals surface area contributed by atoms with E-state index in [0.29, 0.717) is 19.0 Å². The van der Waals surface area contributed by atoms with Gasteiger partial charge in [0.15, 0.2) is 11.5 Å². The Labute approximate surface area is 230 Å². The first-order valence-corrected chi connectivity index (χ1v) is 13.2. The van der Waals surface area contributed by atoms with Gasteiger partial charge in [0.25, 0.3) is 0 Å². The summed E-state index contributed by atoms with van der Waals surface area (Å²) in [5, 5.41) is 2.40. The average molecular weight is 599 g/mol. The van der Waals surface area contributed by atoms with Gasteiger partial charge in [-0.3, -0.25) is 4.99 Å². The molecule has 0 aliphatic rings. The molecular formula is C32H26INO3. The lowest BCUT2D eigenvalue weighted by Crippen LogP contribution is -2.03. The number of fused-ring (bicyclic) bond motifs is 1. The van der Waals surface area contributed by atoms with Gasteiger partial charge in [0, 0.05) is 6.21 Å². The highest BCUT2D eigenvalue weighted by atomic mass is 127. The molecule has 0 spiro atoms. The van der Waals surface area contributed by atoms with E-state index in [2.05, 4.69) is 76.1 Å².